The molecule has 0 saturated carbocycles. The number of carbonyl (C=O) groups is 1. The summed E-state index contributed by atoms with van der Waals surface area (Å²) in [7, 11) is 0. The van der Waals surface area contributed by atoms with Crippen LogP contribution >= 0.6 is 0 Å². The van der Waals surface area contributed by atoms with Crippen molar-refractivity contribution in [2.75, 3.05) is 0 Å². The number of amides is 2. The van der Waals surface area contributed by atoms with Crippen molar-refractivity contribution in [2.24, 2.45) is 0 Å². The molecule has 0 radical (unpaired) electrons. The van der Waals surface area contributed by atoms with Gasteiger partial charge in [-0.05, 0) is 18.1 Å². The lowest BCUT2D eigenvalue weighted by molar-refractivity contribution is 0.0490. The first-order chi connectivity index (χ1) is 9.74. The fourth-order valence-electron chi connectivity index (χ4n) is 1.80. The SMILES string of the molecule is Cc1cccc(CNC(=O)NOCc2ccccc2)c1. The lowest BCUT2D eigenvalue weighted by Crippen LogP contribution is -2.34. The minimum absolute atomic E-state index is 0.345. The molecule has 4 heteroatoms. The van der Waals surface area contributed by atoms with Gasteiger partial charge in [0, 0.05) is 6.54 Å². The van der Waals surface area contributed by atoms with E-state index in [2.05, 4.69) is 10.8 Å². The third kappa shape index (κ3) is 4.74. The first-order valence-electron chi connectivity index (χ1n) is 6.49. The van der Waals surface area contributed by atoms with Crippen LogP contribution in [0.5, 0.6) is 0 Å². The predicted octanol–water partition coefficient (Wildman–Crippen LogP) is 2.93. The van der Waals surface area contributed by atoms with E-state index >= 15 is 0 Å². The number of urea groups is 1. The molecule has 0 spiro atoms. The minimum Gasteiger partial charge on any atom is -0.332 e. The van der Waals surface area contributed by atoms with Gasteiger partial charge in [-0.1, -0.05) is 60.2 Å². The highest BCUT2D eigenvalue weighted by Crippen LogP contribution is 2.03. The molecule has 0 aliphatic carbocycles. The molecule has 104 valence electrons. The summed E-state index contributed by atoms with van der Waals surface area (Å²) in [6, 6.07) is 17.3. The molecule has 0 aromatic heterocycles. The van der Waals surface area contributed by atoms with Crippen molar-refractivity contribution >= 4 is 6.03 Å². The standard InChI is InChI=1S/C16H18N2O2/c1-13-6-5-9-15(10-13)11-17-16(19)18-20-12-14-7-3-2-4-8-14/h2-10H,11-12H2,1H3,(H2,17,18,19). The van der Waals surface area contributed by atoms with Crippen molar-refractivity contribution in [2.45, 2.75) is 20.1 Å². The second-order valence-corrected chi connectivity index (χ2v) is 4.55. The predicted molar refractivity (Wildman–Crippen MR) is 77.8 cm³/mol. The second-order valence-electron chi connectivity index (χ2n) is 4.55. The average molecular weight is 270 g/mol. The summed E-state index contributed by atoms with van der Waals surface area (Å²) in [4.78, 5) is 16.7. The third-order valence-electron chi connectivity index (χ3n) is 2.78. The summed E-state index contributed by atoms with van der Waals surface area (Å²) < 4.78 is 0. The molecule has 0 aliphatic rings. The molecule has 2 aromatic carbocycles. The van der Waals surface area contributed by atoms with Crippen LogP contribution in [0.25, 0.3) is 0 Å². The summed E-state index contributed by atoms with van der Waals surface area (Å²) >= 11 is 0. The molecule has 2 aromatic rings. The van der Waals surface area contributed by atoms with Crippen LogP contribution in [0.1, 0.15) is 16.7 Å². The Balaban J connectivity index is 1.68. The molecule has 0 aliphatic heterocycles. The maximum absolute atomic E-state index is 11.5. The Hall–Kier alpha value is -2.33. The molecule has 0 atom stereocenters. The van der Waals surface area contributed by atoms with Crippen molar-refractivity contribution < 1.29 is 9.63 Å². The Labute approximate surface area is 118 Å². The van der Waals surface area contributed by atoms with E-state index < -0.39 is 0 Å². The summed E-state index contributed by atoms with van der Waals surface area (Å²) in [5.74, 6) is 0. The first-order valence-corrected chi connectivity index (χ1v) is 6.49. The van der Waals surface area contributed by atoms with E-state index in [0.717, 1.165) is 11.1 Å². The number of benzene rings is 2. The van der Waals surface area contributed by atoms with Gasteiger partial charge in [0.2, 0.25) is 0 Å². The number of hydrogen-bond donors (Lipinski definition) is 2. The van der Waals surface area contributed by atoms with E-state index in [1.807, 2.05) is 61.5 Å². The highest BCUT2D eigenvalue weighted by Gasteiger charge is 2.00. The monoisotopic (exact) mass is 270 g/mol. The lowest BCUT2D eigenvalue weighted by Gasteiger charge is -2.08. The Morgan fingerprint density at radius 3 is 2.55 bits per heavy atom. The van der Waals surface area contributed by atoms with Gasteiger partial charge >= 0.3 is 6.03 Å². The molecule has 0 saturated heterocycles. The van der Waals surface area contributed by atoms with E-state index in [-0.39, 0.29) is 6.03 Å². The molecule has 2 N–H and O–H groups in total. The summed E-state index contributed by atoms with van der Waals surface area (Å²) in [6.45, 7) is 2.84. The summed E-state index contributed by atoms with van der Waals surface area (Å²) in [5.41, 5.74) is 5.60. The molecule has 20 heavy (non-hydrogen) atoms. The quantitative estimate of drug-likeness (QED) is 0.821. The number of rotatable bonds is 5. The molecule has 4 nitrogen and oxygen atoms in total. The van der Waals surface area contributed by atoms with Crippen LogP contribution in [0.15, 0.2) is 54.6 Å². The maximum Gasteiger partial charge on any atom is 0.338 e. The van der Waals surface area contributed by atoms with Crippen LogP contribution in [-0.2, 0) is 18.0 Å². The zero-order chi connectivity index (χ0) is 14.2. The fraction of sp³-hybridized carbons (Fsp3) is 0.188. The van der Waals surface area contributed by atoms with Gasteiger partial charge in [-0.3, -0.25) is 4.84 Å². The van der Waals surface area contributed by atoms with Crippen molar-refractivity contribution in [3.63, 3.8) is 0 Å². The van der Waals surface area contributed by atoms with Gasteiger partial charge in [-0.2, -0.15) is 0 Å². The van der Waals surface area contributed by atoms with Gasteiger partial charge in [0.15, 0.2) is 0 Å². The van der Waals surface area contributed by atoms with E-state index in [1.54, 1.807) is 0 Å². The zero-order valence-electron chi connectivity index (χ0n) is 11.4. The number of aryl methyl sites for hydroxylation is 1. The minimum atomic E-state index is -0.345. The highest BCUT2D eigenvalue weighted by molar-refractivity contribution is 5.72. The molecule has 0 heterocycles. The Bertz CT molecular complexity index is 555. The van der Waals surface area contributed by atoms with Gasteiger partial charge in [0.1, 0.15) is 0 Å². The van der Waals surface area contributed by atoms with Crippen LogP contribution in [0.4, 0.5) is 4.79 Å². The summed E-state index contributed by atoms with van der Waals surface area (Å²) in [5, 5.41) is 2.74. The van der Waals surface area contributed by atoms with Gasteiger partial charge < -0.3 is 5.32 Å². The second kappa shape index (κ2) is 7.31. The lowest BCUT2D eigenvalue weighted by atomic mass is 10.1. The zero-order valence-corrected chi connectivity index (χ0v) is 11.4. The maximum atomic E-state index is 11.5. The smallest absolute Gasteiger partial charge is 0.332 e. The van der Waals surface area contributed by atoms with E-state index in [4.69, 9.17) is 4.84 Å². The van der Waals surface area contributed by atoms with Crippen LogP contribution < -0.4 is 10.8 Å². The fourth-order valence-corrected chi connectivity index (χ4v) is 1.80. The molecule has 2 rings (SSSR count). The van der Waals surface area contributed by atoms with E-state index in [9.17, 15) is 4.79 Å². The van der Waals surface area contributed by atoms with Gasteiger partial charge in [0.05, 0.1) is 6.61 Å². The van der Waals surface area contributed by atoms with E-state index in [0.29, 0.717) is 13.2 Å². The topological polar surface area (TPSA) is 50.4 Å². The summed E-state index contributed by atoms with van der Waals surface area (Å²) in [6.07, 6.45) is 0. The Morgan fingerprint density at radius 1 is 1.05 bits per heavy atom. The number of hydrogen-bond acceptors (Lipinski definition) is 2. The molecular weight excluding hydrogens is 252 g/mol. The van der Waals surface area contributed by atoms with Crippen molar-refractivity contribution in [1.29, 1.82) is 0 Å². The number of hydroxylamine groups is 1. The van der Waals surface area contributed by atoms with Gasteiger partial charge in [-0.15, -0.1) is 0 Å². The number of nitrogens with one attached hydrogen (secondary N) is 2. The van der Waals surface area contributed by atoms with Crippen LogP contribution in [0, 0.1) is 6.92 Å². The first kappa shape index (κ1) is 14.1. The van der Waals surface area contributed by atoms with Crippen molar-refractivity contribution in [3.05, 3.63) is 71.3 Å². The van der Waals surface area contributed by atoms with Crippen LogP contribution in [0.2, 0.25) is 0 Å². The van der Waals surface area contributed by atoms with Crippen LogP contribution in [-0.4, -0.2) is 6.03 Å². The molecular formula is C16H18N2O2. The molecule has 2 amide bonds. The van der Waals surface area contributed by atoms with E-state index in [1.165, 1.54) is 5.56 Å². The molecule has 0 fully saturated rings. The third-order valence-corrected chi connectivity index (χ3v) is 2.78. The Morgan fingerprint density at radius 2 is 1.80 bits per heavy atom. The van der Waals surface area contributed by atoms with Crippen molar-refractivity contribution in [3.8, 4) is 0 Å². The van der Waals surface area contributed by atoms with Gasteiger partial charge in [-0.25, -0.2) is 10.3 Å². The van der Waals surface area contributed by atoms with Crippen molar-refractivity contribution in [1.82, 2.24) is 10.8 Å². The normalized spacial score (nSPS) is 10.1. The number of carbonyl (C=O) groups excluding carboxylic acids is 1. The Kier molecular flexibility index (Phi) is 5.15. The van der Waals surface area contributed by atoms with Gasteiger partial charge in [0.25, 0.3) is 0 Å². The van der Waals surface area contributed by atoms with Crippen LogP contribution in [0.3, 0.4) is 0 Å². The molecule has 0 unspecified atom stereocenters. The molecule has 0 bridgehead atoms. The largest absolute Gasteiger partial charge is 0.338 e. The highest BCUT2D eigenvalue weighted by atomic mass is 16.7. The average Bonchev–Trinajstić information content (AvgIpc) is 2.46.